The van der Waals surface area contributed by atoms with E-state index in [9.17, 15) is 0 Å². The van der Waals surface area contributed by atoms with Gasteiger partial charge in [0.25, 0.3) is 0 Å². The number of hydrogen-bond donors (Lipinski definition) is 1. The molecule has 1 N–H and O–H groups in total. The number of ether oxygens (including phenoxy) is 2. The second-order valence-electron chi connectivity index (χ2n) is 4.82. The molecule has 0 amide bonds. The number of methoxy groups -OCH3 is 2. The van der Waals surface area contributed by atoms with Crippen LogP contribution in [0, 0.1) is 0 Å². The van der Waals surface area contributed by atoms with E-state index >= 15 is 0 Å². The second kappa shape index (κ2) is 6.10. The zero-order valence-corrected chi connectivity index (χ0v) is 11.6. The summed E-state index contributed by atoms with van der Waals surface area (Å²) in [4.78, 5) is 0. The van der Waals surface area contributed by atoms with Gasteiger partial charge in [0.2, 0.25) is 0 Å². The minimum atomic E-state index is 0.604. The molecule has 0 saturated carbocycles. The number of benzene rings is 1. The summed E-state index contributed by atoms with van der Waals surface area (Å²) in [5.41, 5.74) is 2.67. The minimum Gasteiger partial charge on any atom is -0.497 e. The Labute approximate surface area is 109 Å². The van der Waals surface area contributed by atoms with Gasteiger partial charge in [0.1, 0.15) is 11.5 Å². The predicted molar refractivity (Wildman–Crippen MR) is 73.7 cm³/mol. The van der Waals surface area contributed by atoms with Crippen LogP contribution in [0.2, 0.25) is 0 Å². The Bertz CT molecular complexity index is 398. The number of rotatable bonds is 5. The minimum absolute atomic E-state index is 0.604. The van der Waals surface area contributed by atoms with Gasteiger partial charge in [-0.05, 0) is 49.4 Å². The van der Waals surface area contributed by atoms with Gasteiger partial charge >= 0.3 is 0 Å². The van der Waals surface area contributed by atoms with Crippen LogP contribution in [-0.4, -0.2) is 26.8 Å². The summed E-state index contributed by atoms with van der Waals surface area (Å²) in [6, 6.07) is 4.73. The molecule has 100 valence electrons. The standard InChI is InChI=1S/C15H23NO2/c1-4-14-11(8-12-6-5-7-16-12)9-13(17-2)10-15(14)18-3/h9-10,12,16H,4-8H2,1-3H3. The van der Waals surface area contributed by atoms with Crippen LogP contribution in [-0.2, 0) is 12.8 Å². The van der Waals surface area contributed by atoms with Crippen LogP contribution < -0.4 is 14.8 Å². The first kappa shape index (κ1) is 13.2. The molecule has 1 saturated heterocycles. The smallest absolute Gasteiger partial charge is 0.126 e. The average molecular weight is 249 g/mol. The maximum absolute atomic E-state index is 5.48. The fourth-order valence-electron chi connectivity index (χ4n) is 2.75. The van der Waals surface area contributed by atoms with Crippen molar-refractivity contribution in [3.05, 3.63) is 23.3 Å². The molecule has 0 aromatic heterocycles. The molecule has 1 heterocycles. The Hall–Kier alpha value is -1.22. The molecule has 1 aliphatic rings. The normalized spacial score (nSPS) is 18.9. The molecule has 1 fully saturated rings. The van der Waals surface area contributed by atoms with Crippen molar-refractivity contribution in [3.8, 4) is 11.5 Å². The molecule has 1 aromatic carbocycles. The summed E-state index contributed by atoms with van der Waals surface area (Å²) in [7, 11) is 3.43. The SMILES string of the molecule is CCc1c(CC2CCCN2)cc(OC)cc1OC. The summed E-state index contributed by atoms with van der Waals surface area (Å²) in [5, 5.41) is 3.55. The molecule has 1 aromatic rings. The zero-order chi connectivity index (χ0) is 13.0. The van der Waals surface area contributed by atoms with Gasteiger partial charge < -0.3 is 14.8 Å². The van der Waals surface area contributed by atoms with E-state index < -0.39 is 0 Å². The van der Waals surface area contributed by atoms with E-state index in [1.54, 1.807) is 14.2 Å². The molecule has 0 aliphatic carbocycles. The molecule has 1 unspecified atom stereocenters. The summed E-state index contributed by atoms with van der Waals surface area (Å²) in [5.74, 6) is 1.84. The van der Waals surface area contributed by atoms with Crippen LogP contribution in [0.25, 0.3) is 0 Å². The lowest BCUT2D eigenvalue weighted by atomic mass is 9.96. The van der Waals surface area contributed by atoms with Crippen molar-refractivity contribution in [3.63, 3.8) is 0 Å². The lowest BCUT2D eigenvalue weighted by Gasteiger charge is -2.17. The molecule has 1 aliphatic heterocycles. The summed E-state index contributed by atoms with van der Waals surface area (Å²) in [6.07, 6.45) is 4.61. The lowest BCUT2D eigenvalue weighted by molar-refractivity contribution is 0.389. The van der Waals surface area contributed by atoms with Gasteiger partial charge in [-0.15, -0.1) is 0 Å². The summed E-state index contributed by atoms with van der Waals surface area (Å²) in [6.45, 7) is 3.32. The predicted octanol–water partition coefficient (Wildman–Crippen LogP) is 2.56. The van der Waals surface area contributed by atoms with Crippen LogP contribution in [0.3, 0.4) is 0 Å². The highest BCUT2D eigenvalue weighted by Gasteiger charge is 2.18. The van der Waals surface area contributed by atoms with Crippen molar-refractivity contribution in [1.29, 1.82) is 0 Å². The van der Waals surface area contributed by atoms with E-state index in [2.05, 4.69) is 18.3 Å². The van der Waals surface area contributed by atoms with Crippen LogP contribution >= 0.6 is 0 Å². The molecule has 2 rings (SSSR count). The molecular weight excluding hydrogens is 226 g/mol. The Balaban J connectivity index is 2.29. The molecule has 3 nitrogen and oxygen atoms in total. The lowest BCUT2D eigenvalue weighted by Crippen LogP contribution is -2.24. The van der Waals surface area contributed by atoms with Crippen molar-refractivity contribution in [2.45, 2.75) is 38.6 Å². The fourth-order valence-corrected chi connectivity index (χ4v) is 2.75. The monoisotopic (exact) mass is 249 g/mol. The Morgan fingerprint density at radius 3 is 2.67 bits per heavy atom. The second-order valence-corrected chi connectivity index (χ2v) is 4.82. The van der Waals surface area contributed by atoms with Crippen LogP contribution in [0.5, 0.6) is 11.5 Å². The van der Waals surface area contributed by atoms with Crippen molar-refractivity contribution in [2.75, 3.05) is 20.8 Å². The van der Waals surface area contributed by atoms with Gasteiger partial charge in [-0.2, -0.15) is 0 Å². The third-order valence-electron chi connectivity index (χ3n) is 3.71. The fraction of sp³-hybridized carbons (Fsp3) is 0.600. The highest BCUT2D eigenvalue weighted by Crippen LogP contribution is 2.30. The first-order valence-electron chi connectivity index (χ1n) is 6.75. The third kappa shape index (κ3) is 2.78. The Morgan fingerprint density at radius 1 is 1.28 bits per heavy atom. The largest absolute Gasteiger partial charge is 0.497 e. The molecule has 1 atom stereocenters. The van der Waals surface area contributed by atoms with Crippen LogP contribution in [0.1, 0.15) is 30.9 Å². The molecular formula is C15H23NO2. The van der Waals surface area contributed by atoms with E-state index in [0.29, 0.717) is 6.04 Å². The first-order valence-corrected chi connectivity index (χ1v) is 6.75. The van der Waals surface area contributed by atoms with E-state index in [0.717, 1.165) is 30.9 Å². The van der Waals surface area contributed by atoms with Gasteiger partial charge in [0.15, 0.2) is 0 Å². The van der Waals surface area contributed by atoms with Crippen molar-refractivity contribution in [2.24, 2.45) is 0 Å². The van der Waals surface area contributed by atoms with E-state index in [4.69, 9.17) is 9.47 Å². The van der Waals surface area contributed by atoms with Gasteiger partial charge in [0.05, 0.1) is 14.2 Å². The van der Waals surface area contributed by atoms with Crippen LogP contribution in [0.15, 0.2) is 12.1 Å². The third-order valence-corrected chi connectivity index (χ3v) is 3.71. The molecule has 3 heteroatoms. The van der Waals surface area contributed by atoms with Crippen molar-refractivity contribution in [1.82, 2.24) is 5.32 Å². The molecule has 18 heavy (non-hydrogen) atoms. The Kier molecular flexibility index (Phi) is 4.48. The maximum atomic E-state index is 5.48. The van der Waals surface area contributed by atoms with Gasteiger partial charge in [-0.1, -0.05) is 6.92 Å². The van der Waals surface area contributed by atoms with Crippen molar-refractivity contribution >= 4 is 0 Å². The topological polar surface area (TPSA) is 30.5 Å². The Morgan fingerprint density at radius 2 is 2.11 bits per heavy atom. The highest BCUT2D eigenvalue weighted by molar-refractivity contribution is 5.47. The average Bonchev–Trinajstić information content (AvgIpc) is 2.90. The number of nitrogens with one attached hydrogen (secondary N) is 1. The highest BCUT2D eigenvalue weighted by atomic mass is 16.5. The molecule has 0 spiro atoms. The van der Waals surface area contributed by atoms with E-state index in [1.807, 2.05) is 6.07 Å². The number of hydrogen-bond acceptors (Lipinski definition) is 3. The summed E-state index contributed by atoms with van der Waals surface area (Å²) < 4.78 is 10.8. The van der Waals surface area contributed by atoms with E-state index in [-0.39, 0.29) is 0 Å². The molecule has 0 radical (unpaired) electrons. The molecule has 0 bridgehead atoms. The van der Waals surface area contributed by atoms with Gasteiger partial charge in [0, 0.05) is 12.1 Å². The maximum Gasteiger partial charge on any atom is 0.126 e. The zero-order valence-electron chi connectivity index (χ0n) is 11.6. The first-order chi connectivity index (χ1) is 8.78. The van der Waals surface area contributed by atoms with Crippen LogP contribution in [0.4, 0.5) is 0 Å². The van der Waals surface area contributed by atoms with Gasteiger partial charge in [-0.25, -0.2) is 0 Å². The summed E-state index contributed by atoms with van der Waals surface area (Å²) >= 11 is 0. The van der Waals surface area contributed by atoms with Crippen molar-refractivity contribution < 1.29 is 9.47 Å². The van der Waals surface area contributed by atoms with E-state index in [1.165, 1.54) is 24.0 Å². The van der Waals surface area contributed by atoms with Gasteiger partial charge in [-0.3, -0.25) is 0 Å². The quantitative estimate of drug-likeness (QED) is 0.870.